The Kier molecular flexibility index (Phi) is 4.83. The van der Waals surface area contributed by atoms with Gasteiger partial charge in [0.05, 0.1) is 6.04 Å². The van der Waals surface area contributed by atoms with Gasteiger partial charge in [-0.15, -0.1) is 11.6 Å². The van der Waals surface area contributed by atoms with E-state index < -0.39 is 0 Å². The molecule has 0 N–H and O–H groups in total. The first-order chi connectivity index (χ1) is 9.21. The molecule has 0 aromatic heterocycles. The molecule has 1 aliphatic carbocycles. The number of carbonyl (C=O) groups excluding carboxylic acids is 1. The number of hydrogen-bond acceptors (Lipinski definition) is 3. The zero-order chi connectivity index (χ0) is 13.8. The Balaban J connectivity index is 2.27. The van der Waals surface area contributed by atoms with E-state index in [4.69, 9.17) is 16.3 Å². The van der Waals surface area contributed by atoms with E-state index >= 15 is 0 Å². The Morgan fingerprint density at radius 3 is 2.68 bits per heavy atom. The fraction of sp³-hybridized carbons (Fsp3) is 0.533. The molecule has 2 rings (SSSR count). The summed E-state index contributed by atoms with van der Waals surface area (Å²) in [5.74, 6) is -0.422. The molecule has 2 atom stereocenters. The fourth-order valence-corrected chi connectivity index (χ4v) is 2.96. The lowest BCUT2D eigenvalue weighted by Crippen LogP contribution is -2.36. The van der Waals surface area contributed by atoms with E-state index in [0.717, 1.165) is 19.5 Å². The zero-order valence-corrected chi connectivity index (χ0v) is 12.2. The molecule has 0 fully saturated rings. The standard InChI is InChI=1S/C15H20ClNO2/c1-3-17(4-2)15-12-8-6-5-7-11(12)9-13(15)19-14(18)10-16/h5-8,13,15H,3-4,9-10H2,1-2H3/t13-,15-/m1/s1. The first-order valence-electron chi connectivity index (χ1n) is 6.78. The highest BCUT2D eigenvalue weighted by atomic mass is 35.5. The van der Waals surface area contributed by atoms with Crippen LogP contribution in [0.2, 0.25) is 0 Å². The molecule has 0 aliphatic heterocycles. The predicted molar refractivity (Wildman–Crippen MR) is 76.4 cm³/mol. The molecule has 1 aromatic carbocycles. The Hall–Kier alpha value is -1.06. The van der Waals surface area contributed by atoms with Crippen molar-refractivity contribution in [1.29, 1.82) is 0 Å². The maximum absolute atomic E-state index is 11.5. The second kappa shape index (κ2) is 6.40. The summed E-state index contributed by atoms with van der Waals surface area (Å²) >= 11 is 5.55. The second-order valence-electron chi connectivity index (χ2n) is 4.73. The van der Waals surface area contributed by atoms with E-state index in [1.807, 2.05) is 12.1 Å². The highest BCUT2D eigenvalue weighted by molar-refractivity contribution is 6.26. The number of rotatable bonds is 5. The van der Waals surface area contributed by atoms with Gasteiger partial charge in [-0.1, -0.05) is 38.1 Å². The number of likely N-dealkylation sites (N-methyl/N-ethyl adjacent to an activating group) is 1. The van der Waals surface area contributed by atoms with Gasteiger partial charge in [0, 0.05) is 6.42 Å². The van der Waals surface area contributed by atoms with E-state index in [1.165, 1.54) is 11.1 Å². The molecule has 1 aromatic rings. The molecule has 0 saturated heterocycles. The van der Waals surface area contributed by atoms with Gasteiger partial charge in [0.2, 0.25) is 0 Å². The summed E-state index contributed by atoms with van der Waals surface area (Å²) in [5.41, 5.74) is 2.55. The third-order valence-electron chi connectivity index (χ3n) is 3.74. The third-order valence-corrected chi connectivity index (χ3v) is 3.96. The van der Waals surface area contributed by atoms with Crippen LogP contribution in [0.4, 0.5) is 0 Å². The summed E-state index contributed by atoms with van der Waals surface area (Å²) in [6, 6.07) is 8.47. The molecular weight excluding hydrogens is 262 g/mol. The fourth-order valence-electron chi connectivity index (χ4n) is 2.89. The largest absolute Gasteiger partial charge is 0.459 e. The van der Waals surface area contributed by atoms with Gasteiger partial charge < -0.3 is 4.74 Å². The molecular formula is C15H20ClNO2. The first kappa shape index (κ1) is 14.4. The van der Waals surface area contributed by atoms with Crippen molar-refractivity contribution >= 4 is 17.6 Å². The van der Waals surface area contributed by atoms with Crippen molar-refractivity contribution in [2.24, 2.45) is 0 Å². The minimum Gasteiger partial charge on any atom is -0.459 e. The molecule has 1 aliphatic rings. The average Bonchev–Trinajstić information content (AvgIpc) is 2.79. The Morgan fingerprint density at radius 1 is 1.37 bits per heavy atom. The van der Waals surface area contributed by atoms with E-state index in [9.17, 15) is 4.79 Å². The highest BCUT2D eigenvalue weighted by Crippen LogP contribution is 2.37. The second-order valence-corrected chi connectivity index (χ2v) is 5.00. The molecule has 104 valence electrons. The monoisotopic (exact) mass is 281 g/mol. The van der Waals surface area contributed by atoms with Gasteiger partial charge in [0.1, 0.15) is 12.0 Å². The summed E-state index contributed by atoms with van der Waals surface area (Å²) < 4.78 is 5.53. The number of fused-ring (bicyclic) bond motifs is 1. The van der Waals surface area contributed by atoms with Crippen LogP contribution < -0.4 is 0 Å². The van der Waals surface area contributed by atoms with E-state index in [2.05, 4.69) is 30.9 Å². The molecule has 0 radical (unpaired) electrons. The van der Waals surface area contributed by atoms with Gasteiger partial charge in [-0.2, -0.15) is 0 Å². The summed E-state index contributed by atoms with van der Waals surface area (Å²) in [4.78, 5) is 13.8. The van der Waals surface area contributed by atoms with Crippen molar-refractivity contribution < 1.29 is 9.53 Å². The maximum Gasteiger partial charge on any atom is 0.321 e. The SMILES string of the molecule is CCN(CC)[C@@H]1c2ccccc2C[C@H]1OC(=O)CCl. The van der Waals surface area contributed by atoms with Gasteiger partial charge in [0.15, 0.2) is 0 Å². The van der Waals surface area contributed by atoms with Crippen molar-refractivity contribution in [3.8, 4) is 0 Å². The average molecular weight is 282 g/mol. The minimum absolute atomic E-state index is 0.0855. The van der Waals surface area contributed by atoms with E-state index in [-0.39, 0.29) is 24.0 Å². The van der Waals surface area contributed by atoms with Crippen molar-refractivity contribution in [1.82, 2.24) is 4.90 Å². The zero-order valence-electron chi connectivity index (χ0n) is 11.4. The molecule has 0 heterocycles. The van der Waals surface area contributed by atoms with Crippen LogP contribution in [0.15, 0.2) is 24.3 Å². The Labute approximate surface area is 119 Å². The minimum atomic E-state index is -0.336. The van der Waals surface area contributed by atoms with E-state index in [0.29, 0.717) is 0 Å². The van der Waals surface area contributed by atoms with Crippen molar-refractivity contribution in [2.75, 3.05) is 19.0 Å². The number of alkyl halides is 1. The number of esters is 1. The smallest absolute Gasteiger partial charge is 0.321 e. The molecule has 4 heteroatoms. The Bertz CT molecular complexity index is 446. The van der Waals surface area contributed by atoms with Gasteiger partial charge in [-0.05, 0) is 24.2 Å². The van der Waals surface area contributed by atoms with Crippen LogP contribution in [0.5, 0.6) is 0 Å². The van der Waals surface area contributed by atoms with Crippen LogP contribution in [0, 0.1) is 0 Å². The first-order valence-corrected chi connectivity index (χ1v) is 7.32. The maximum atomic E-state index is 11.5. The third kappa shape index (κ3) is 2.93. The van der Waals surface area contributed by atoms with Crippen LogP contribution in [-0.2, 0) is 16.0 Å². The number of nitrogens with zero attached hydrogens (tertiary/aromatic N) is 1. The lowest BCUT2D eigenvalue weighted by molar-refractivity contribution is -0.148. The van der Waals surface area contributed by atoms with Crippen LogP contribution in [0.3, 0.4) is 0 Å². The van der Waals surface area contributed by atoms with Gasteiger partial charge in [-0.25, -0.2) is 0 Å². The lowest BCUT2D eigenvalue weighted by atomic mass is 10.1. The number of hydrogen-bond donors (Lipinski definition) is 0. The number of ether oxygens (including phenoxy) is 1. The van der Waals surface area contributed by atoms with Crippen LogP contribution in [0.25, 0.3) is 0 Å². The summed E-state index contributed by atoms with van der Waals surface area (Å²) in [5, 5.41) is 0. The lowest BCUT2D eigenvalue weighted by Gasteiger charge is -2.31. The van der Waals surface area contributed by atoms with Crippen LogP contribution >= 0.6 is 11.6 Å². The van der Waals surface area contributed by atoms with Crippen LogP contribution in [0.1, 0.15) is 31.0 Å². The highest BCUT2D eigenvalue weighted by Gasteiger charge is 2.37. The number of carbonyl (C=O) groups is 1. The molecule has 0 amide bonds. The van der Waals surface area contributed by atoms with Gasteiger partial charge in [0.25, 0.3) is 0 Å². The summed E-state index contributed by atoms with van der Waals surface area (Å²) in [6.45, 7) is 6.13. The molecule has 0 spiro atoms. The normalized spacial score (nSPS) is 21.5. The number of halogens is 1. The van der Waals surface area contributed by atoms with Gasteiger partial charge in [-0.3, -0.25) is 9.69 Å². The predicted octanol–water partition coefficient (Wildman–Crippen LogP) is 2.78. The van der Waals surface area contributed by atoms with Crippen molar-refractivity contribution in [3.63, 3.8) is 0 Å². The Morgan fingerprint density at radius 2 is 2.05 bits per heavy atom. The molecule has 0 saturated carbocycles. The topological polar surface area (TPSA) is 29.5 Å². The van der Waals surface area contributed by atoms with Crippen LogP contribution in [-0.4, -0.2) is 35.9 Å². The molecule has 19 heavy (non-hydrogen) atoms. The molecule has 3 nitrogen and oxygen atoms in total. The molecule has 0 bridgehead atoms. The summed E-state index contributed by atoms with van der Waals surface area (Å²) in [6.07, 6.45) is 0.656. The van der Waals surface area contributed by atoms with Crippen molar-refractivity contribution in [2.45, 2.75) is 32.4 Å². The molecule has 0 unspecified atom stereocenters. The summed E-state index contributed by atoms with van der Waals surface area (Å²) in [7, 11) is 0. The van der Waals surface area contributed by atoms with Gasteiger partial charge >= 0.3 is 5.97 Å². The number of benzene rings is 1. The van der Waals surface area contributed by atoms with Crippen molar-refractivity contribution in [3.05, 3.63) is 35.4 Å². The van der Waals surface area contributed by atoms with E-state index in [1.54, 1.807) is 0 Å². The quantitative estimate of drug-likeness (QED) is 0.614.